The summed E-state index contributed by atoms with van der Waals surface area (Å²) in [6.45, 7) is 2.67. The number of pyridine rings is 1. The molecule has 0 saturated carbocycles. The van der Waals surface area contributed by atoms with Crippen molar-refractivity contribution in [3.8, 4) is 11.6 Å². The van der Waals surface area contributed by atoms with Crippen molar-refractivity contribution in [2.45, 2.75) is 19.0 Å². The fraction of sp³-hybridized carbons (Fsp3) is 0.217. The maximum absolute atomic E-state index is 12.9. The number of aromatic nitrogens is 1. The standard InChI is InChI=1S/C23H23FN4O2/c24-18-6-9-21(10-7-18)30-22-11-8-19(14-25-22)26-23(29)27-20-12-13-28(16-20)15-17-4-2-1-3-5-17/h1-11,14,20H,12-13,15-16H2,(H2,26,27,29)/t20-/m0/s1. The van der Waals surface area contributed by atoms with E-state index in [1.165, 1.54) is 36.0 Å². The molecule has 7 heteroatoms. The third-order valence-corrected chi connectivity index (χ3v) is 4.89. The van der Waals surface area contributed by atoms with E-state index < -0.39 is 0 Å². The Kier molecular flexibility index (Phi) is 6.20. The van der Waals surface area contributed by atoms with E-state index >= 15 is 0 Å². The number of ether oxygens (including phenoxy) is 1. The van der Waals surface area contributed by atoms with Crippen LogP contribution in [0, 0.1) is 5.82 Å². The van der Waals surface area contributed by atoms with Gasteiger partial charge < -0.3 is 15.4 Å². The summed E-state index contributed by atoms with van der Waals surface area (Å²) in [6, 6.07) is 19.2. The van der Waals surface area contributed by atoms with Crippen LogP contribution < -0.4 is 15.4 Å². The molecule has 1 saturated heterocycles. The molecule has 1 atom stereocenters. The van der Waals surface area contributed by atoms with Crippen LogP contribution in [-0.2, 0) is 6.54 Å². The normalized spacial score (nSPS) is 16.2. The lowest BCUT2D eigenvalue weighted by atomic mass is 10.2. The molecule has 2 heterocycles. The molecule has 2 amide bonds. The van der Waals surface area contributed by atoms with Gasteiger partial charge in [-0.15, -0.1) is 0 Å². The topological polar surface area (TPSA) is 66.5 Å². The molecule has 154 valence electrons. The number of benzene rings is 2. The number of nitrogens with zero attached hydrogens (tertiary/aromatic N) is 2. The highest BCUT2D eigenvalue weighted by Gasteiger charge is 2.23. The molecule has 1 aliphatic heterocycles. The molecule has 0 radical (unpaired) electrons. The van der Waals surface area contributed by atoms with E-state index in [0.717, 1.165) is 26.1 Å². The number of likely N-dealkylation sites (tertiary alicyclic amines) is 1. The molecule has 0 aliphatic carbocycles. The van der Waals surface area contributed by atoms with Crippen molar-refractivity contribution in [3.05, 3.63) is 84.3 Å². The maximum Gasteiger partial charge on any atom is 0.319 e. The van der Waals surface area contributed by atoms with E-state index in [9.17, 15) is 9.18 Å². The van der Waals surface area contributed by atoms with Gasteiger partial charge in [-0.1, -0.05) is 30.3 Å². The number of carbonyl (C=O) groups is 1. The summed E-state index contributed by atoms with van der Waals surface area (Å²) in [5.74, 6) is 0.523. The summed E-state index contributed by atoms with van der Waals surface area (Å²) < 4.78 is 18.5. The van der Waals surface area contributed by atoms with E-state index in [1.54, 1.807) is 12.1 Å². The van der Waals surface area contributed by atoms with Gasteiger partial charge in [0, 0.05) is 31.7 Å². The van der Waals surface area contributed by atoms with Gasteiger partial charge in [-0.3, -0.25) is 4.90 Å². The van der Waals surface area contributed by atoms with Gasteiger partial charge in [0.1, 0.15) is 11.6 Å². The molecule has 1 fully saturated rings. The van der Waals surface area contributed by atoms with Crippen molar-refractivity contribution < 1.29 is 13.9 Å². The number of rotatable bonds is 6. The van der Waals surface area contributed by atoms with Gasteiger partial charge in [-0.25, -0.2) is 14.2 Å². The molecule has 0 unspecified atom stereocenters. The first-order valence-corrected chi connectivity index (χ1v) is 9.87. The largest absolute Gasteiger partial charge is 0.439 e. The average Bonchev–Trinajstić information content (AvgIpc) is 3.18. The monoisotopic (exact) mass is 406 g/mol. The van der Waals surface area contributed by atoms with Crippen LogP contribution in [0.3, 0.4) is 0 Å². The second-order valence-corrected chi connectivity index (χ2v) is 7.25. The number of hydrogen-bond acceptors (Lipinski definition) is 4. The van der Waals surface area contributed by atoms with E-state index in [0.29, 0.717) is 17.3 Å². The minimum Gasteiger partial charge on any atom is -0.439 e. The number of halogens is 1. The Hall–Kier alpha value is -3.45. The molecule has 4 rings (SSSR count). The predicted octanol–water partition coefficient (Wildman–Crippen LogP) is 4.41. The van der Waals surface area contributed by atoms with Gasteiger partial charge in [-0.2, -0.15) is 0 Å². The van der Waals surface area contributed by atoms with Crippen LogP contribution >= 0.6 is 0 Å². The van der Waals surface area contributed by atoms with Crippen molar-refractivity contribution in [1.29, 1.82) is 0 Å². The molecule has 6 nitrogen and oxygen atoms in total. The van der Waals surface area contributed by atoms with Crippen molar-refractivity contribution >= 4 is 11.7 Å². The Labute approximate surface area is 174 Å². The molecule has 2 aromatic carbocycles. The number of anilines is 1. The summed E-state index contributed by atoms with van der Waals surface area (Å²) in [5, 5.41) is 5.81. The van der Waals surface area contributed by atoms with Gasteiger partial charge >= 0.3 is 6.03 Å². The Morgan fingerprint density at radius 2 is 1.90 bits per heavy atom. The van der Waals surface area contributed by atoms with Gasteiger partial charge in [0.05, 0.1) is 11.9 Å². The molecule has 1 aromatic heterocycles. The second-order valence-electron chi connectivity index (χ2n) is 7.25. The van der Waals surface area contributed by atoms with Crippen LogP contribution in [0.4, 0.5) is 14.9 Å². The number of nitrogens with one attached hydrogen (secondary N) is 2. The SMILES string of the molecule is O=C(Nc1ccc(Oc2ccc(F)cc2)nc1)N[C@H]1CCN(Cc2ccccc2)C1. The fourth-order valence-electron chi connectivity index (χ4n) is 3.43. The van der Waals surface area contributed by atoms with Gasteiger partial charge in [-0.05, 0) is 42.3 Å². The third-order valence-electron chi connectivity index (χ3n) is 4.89. The van der Waals surface area contributed by atoms with E-state index in [-0.39, 0.29) is 17.9 Å². The van der Waals surface area contributed by atoms with Crippen LogP contribution in [-0.4, -0.2) is 35.0 Å². The molecule has 0 spiro atoms. The lowest BCUT2D eigenvalue weighted by Crippen LogP contribution is -2.39. The van der Waals surface area contributed by atoms with E-state index in [2.05, 4.69) is 32.7 Å². The Morgan fingerprint density at radius 1 is 1.10 bits per heavy atom. The van der Waals surface area contributed by atoms with Crippen LogP contribution in [0.25, 0.3) is 0 Å². The Balaban J connectivity index is 1.23. The Bertz CT molecular complexity index is 965. The molecule has 30 heavy (non-hydrogen) atoms. The van der Waals surface area contributed by atoms with E-state index in [1.807, 2.05) is 18.2 Å². The summed E-state index contributed by atoms with van der Waals surface area (Å²) in [6.07, 6.45) is 2.44. The highest BCUT2D eigenvalue weighted by Crippen LogP contribution is 2.21. The molecular weight excluding hydrogens is 383 g/mol. The first-order chi connectivity index (χ1) is 14.6. The lowest BCUT2D eigenvalue weighted by molar-refractivity contribution is 0.247. The summed E-state index contributed by atoms with van der Waals surface area (Å²) in [4.78, 5) is 18.8. The van der Waals surface area contributed by atoms with Crippen LogP contribution in [0.2, 0.25) is 0 Å². The third kappa shape index (κ3) is 5.55. The van der Waals surface area contributed by atoms with Crippen molar-refractivity contribution in [3.63, 3.8) is 0 Å². The second kappa shape index (κ2) is 9.37. The molecular formula is C23H23FN4O2. The van der Waals surface area contributed by atoms with Crippen LogP contribution in [0.15, 0.2) is 72.9 Å². The Morgan fingerprint density at radius 3 is 2.63 bits per heavy atom. The quantitative estimate of drug-likeness (QED) is 0.636. The summed E-state index contributed by atoms with van der Waals surface area (Å²) in [5.41, 5.74) is 1.84. The number of amides is 2. The van der Waals surface area contributed by atoms with Crippen molar-refractivity contribution in [2.24, 2.45) is 0 Å². The number of urea groups is 1. The minimum atomic E-state index is -0.327. The number of hydrogen-bond donors (Lipinski definition) is 2. The minimum absolute atomic E-state index is 0.114. The maximum atomic E-state index is 12.9. The van der Waals surface area contributed by atoms with Gasteiger partial charge in [0.25, 0.3) is 0 Å². The first-order valence-electron chi connectivity index (χ1n) is 9.87. The molecule has 1 aliphatic rings. The summed E-state index contributed by atoms with van der Waals surface area (Å²) >= 11 is 0. The van der Waals surface area contributed by atoms with Crippen LogP contribution in [0.1, 0.15) is 12.0 Å². The predicted molar refractivity (Wildman–Crippen MR) is 113 cm³/mol. The summed E-state index contributed by atoms with van der Waals surface area (Å²) in [7, 11) is 0. The zero-order chi connectivity index (χ0) is 20.8. The first kappa shape index (κ1) is 19.8. The highest BCUT2D eigenvalue weighted by molar-refractivity contribution is 5.89. The highest BCUT2D eigenvalue weighted by atomic mass is 19.1. The van der Waals surface area contributed by atoms with Crippen molar-refractivity contribution in [1.82, 2.24) is 15.2 Å². The molecule has 0 bridgehead atoms. The zero-order valence-corrected chi connectivity index (χ0v) is 16.4. The smallest absolute Gasteiger partial charge is 0.319 e. The average molecular weight is 406 g/mol. The fourth-order valence-corrected chi connectivity index (χ4v) is 3.43. The zero-order valence-electron chi connectivity index (χ0n) is 16.4. The lowest BCUT2D eigenvalue weighted by Gasteiger charge is -2.17. The van der Waals surface area contributed by atoms with Gasteiger partial charge in [0.2, 0.25) is 5.88 Å². The van der Waals surface area contributed by atoms with Gasteiger partial charge in [0.15, 0.2) is 0 Å². The molecule has 2 N–H and O–H groups in total. The van der Waals surface area contributed by atoms with E-state index in [4.69, 9.17) is 4.74 Å². The number of carbonyl (C=O) groups excluding carboxylic acids is 1. The molecule has 3 aromatic rings. The van der Waals surface area contributed by atoms with Crippen LogP contribution in [0.5, 0.6) is 11.6 Å². The van der Waals surface area contributed by atoms with Crippen molar-refractivity contribution in [2.75, 3.05) is 18.4 Å².